The molecule has 0 aliphatic carbocycles. The van der Waals surface area contributed by atoms with Crippen molar-refractivity contribution in [3.8, 4) is 11.3 Å². The average Bonchev–Trinajstić information content (AvgIpc) is 2.61. The smallest absolute Gasteiger partial charge is 0.0684 e. The van der Waals surface area contributed by atoms with Gasteiger partial charge in [0.25, 0.3) is 0 Å². The summed E-state index contributed by atoms with van der Waals surface area (Å²) in [6.45, 7) is 5.05. The molecule has 72 valence electrons. The van der Waals surface area contributed by atoms with Crippen molar-refractivity contribution >= 4 is 0 Å². The molecule has 0 amide bonds. The van der Waals surface area contributed by atoms with E-state index in [2.05, 4.69) is 42.4 Å². The second-order valence-electron chi connectivity index (χ2n) is 3.35. The molecule has 2 aromatic rings. The maximum absolute atomic E-state index is 4.42. The van der Waals surface area contributed by atoms with Gasteiger partial charge in [0.1, 0.15) is 0 Å². The largest absolute Gasteiger partial charge is 0.265 e. The highest BCUT2D eigenvalue weighted by Gasteiger charge is 2.04. The van der Waals surface area contributed by atoms with Crippen LogP contribution in [0.15, 0.2) is 36.4 Å². The van der Waals surface area contributed by atoms with Crippen LogP contribution in [0.2, 0.25) is 0 Å². The van der Waals surface area contributed by atoms with Crippen LogP contribution >= 0.6 is 0 Å². The van der Waals surface area contributed by atoms with Gasteiger partial charge in [0.05, 0.1) is 11.4 Å². The fraction of sp³-hybridized carbons (Fsp3) is 0.250. The van der Waals surface area contributed by atoms with Gasteiger partial charge in [0.15, 0.2) is 0 Å². The van der Waals surface area contributed by atoms with Crippen molar-refractivity contribution in [3.05, 3.63) is 42.1 Å². The van der Waals surface area contributed by atoms with Gasteiger partial charge in [-0.2, -0.15) is 5.10 Å². The third-order valence-electron chi connectivity index (χ3n) is 2.27. The minimum absolute atomic E-state index is 0.915. The normalized spacial score (nSPS) is 10.4. The Hall–Kier alpha value is -1.57. The summed E-state index contributed by atoms with van der Waals surface area (Å²) in [5.74, 6) is 0. The van der Waals surface area contributed by atoms with Crippen molar-refractivity contribution in [2.45, 2.75) is 20.4 Å². The van der Waals surface area contributed by atoms with Crippen molar-refractivity contribution in [1.82, 2.24) is 9.78 Å². The Balaban J connectivity index is 2.51. The van der Waals surface area contributed by atoms with Crippen LogP contribution in [-0.2, 0) is 6.54 Å². The third-order valence-corrected chi connectivity index (χ3v) is 2.27. The van der Waals surface area contributed by atoms with Gasteiger partial charge in [0, 0.05) is 6.54 Å². The topological polar surface area (TPSA) is 17.8 Å². The molecule has 14 heavy (non-hydrogen) atoms. The molecule has 0 fully saturated rings. The summed E-state index contributed by atoms with van der Waals surface area (Å²) in [6.07, 6.45) is 0. The van der Waals surface area contributed by atoms with Crippen molar-refractivity contribution in [1.29, 1.82) is 0 Å². The maximum atomic E-state index is 4.42. The molecule has 0 unspecified atom stereocenters. The van der Waals surface area contributed by atoms with Crippen LogP contribution < -0.4 is 0 Å². The van der Waals surface area contributed by atoms with Crippen molar-refractivity contribution in [2.24, 2.45) is 0 Å². The lowest BCUT2D eigenvalue weighted by Gasteiger charge is -2.03. The number of nitrogens with zero attached hydrogens (tertiary/aromatic N) is 2. The highest BCUT2D eigenvalue weighted by molar-refractivity contribution is 5.59. The van der Waals surface area contributed by atoms with E-state index >= 15 is 0 Å². The van der Waals surface area contributed by atoms with E-state index in [1.54, 1.807) is 0 Å². The maximum Gasteiger partial charge on any atom is 0.0684 e. The second kappa shape index (κ2) is 3.66. The van der Waals surface area contributed by atoms with Gasteiger partial charge in [-0.1, -0.05) is 30.3 Å². The minimum atomic E-state index is 0.915. The fourth-order valence-corrected chi connectivity index (χ4v) is 1.63. The van der Waals surface area contributed by atoms with E-state index in [-0.39, 0.29) is 0 Å². The standard InChI is InChI=1S/C12H14N2/c1-3-14-12(9-10(2)13-14)11-7-5-4-6-8-11/h4-9H,3H2,1-2H3. The number of aryl methyl sites for hydroxylation is 2. The molecule has 0 bridgehead atoms. The lowest BCUT2D eigenvalue weighted by molar-refractivity contribution is 0.660. The zero-order chi connectivity index (χ0) is 9.97. The number of benzene rings is 1. The van der Waals surface area contributed by atoms with Gasteiger partial charge in [-0.15, -0.1) is 0 Å². The Morgan fingerprint density at radius 3 is 2.57 bits per heavy atom. The summed E-state index contributed by atoms with van der Waals surface area (Å²) in [5, 5.41) is 4.42. The molecule has 0 N–H and O–H groups in total. The van der Waals surface area contributed by atoms with Gasteiger partial charge < -0.3 is 0 Å². The van der Waals surface area contributed by atoms with E-state index < -0.39 is 0 Å². The average molecular weight is 186 g/mol. The molecule has 0 atom stereocenters. The Labute approximate surface area is 84.2 Å². The monoisotopic (exact) mass is 186 g/mol. The highest BCUT2D eigenvalue weighted by atomic mass is 15.3. The number of rotatable bonds is 2. The summed E-state index contributed by atoms with van der Waals surface area (Å²) in [5.41, 5.74) is 3.51. The van der Waals surface area contributed by atoms with Crippen molar-refractivity contribution in [3.63, 3.8) is 0 Å². The van der Waals surface area contributed by atoms with Crippen LogP contribution in [0.3, 0.4) is 0 Å². The molecule has 1 heterocycles. The first kappa shape index (κ1) is 9.00. The van der Waals surface area contributed by atoms with E-state index in [4.69, 9.17) is 0 Å². The Morgan fingerprint density at radius 2 is 1.93 bits per heavy atom. The lowest BCUT2D eigenvalue weighted by atomic mass is 10.1. The lowest BCUT2D eigenvalue weighted by Crippen LogP contribution is -1.98. The zero-order valence-electron chi connectivity index (χ0n) is 8.57. The molecular weight excluding hydrogens is 172 g/mol. The molecule has 0 aliphatic heterocycles. The van der Waals surface area contributed by atoms with Gasteiger partial charge in [-0.25, -0.2) is 0 Å². The third kappa shape index (κ3) is 1.55. The second-order valence-corrected chi connectivity index (χ2v) is 3.35. The fourth-order valence-electron chi connectivity index (χ4n) is 1.63. The summed E-state index contributed by atoms with van der Waals surface area (Å²) in [4.78, 5) is 0. The van der Waals surface area contributed by atoms with E-state index in [1.807, 2.05) is 17.7 Å². The summed E-state index contributed by atoms with van der Waals surface area (Å²) in [7, 11) is 0. The van der Waals surface area contributed by atoms with Gasteiger partial charge >= 0.3 is 0 Å². The zero-order valence-corrected chi connectivity index (χ0v) is 8.57. The SMILES string of the molecule is CCn1nc(C)cc1-c1ccccc1. The van der Waals surface area contributed by atoms with Crippen LogP contribution in [0.5, 0.6) is 0 Å². The predicted molar refractivity (Wildman–Crippen MR) is 58.1 cm³/mol. The molecule has 0 aliphatic rings. The first-order valence-electron chi connectivity index (χ1n) is 4.91. The first-order chi connectivity index (χ1) is 6.81. The van der Waals surface area contributed by atoms with Crippen LogP contribution in [0.1, 0.15) is 12.6 Å². The summed E-state index contributed by atoms with van der Waals surface area (Å²) in [6, 6.07) is 12.5. The Kier molecular flexibility index (Phi) is 2.35. The molecule has 2 rings (SSSR count). The van der Waals surface area contributed by atoms with E-state index in [9.17, 15) is 0 Å². The van der Waals surface area contributed by atoms with Crippen molar-refractivity contribution < 1.29 is 0 Å². The van der Waals surface area contributed by atoms with Gasteiger partial charge in [-0.3, -0.25) is 4.68 Å². The van der Waals surface area contributed by atoms with Gasteiger partial charge in [0.2, 0.25) is 0 Å². The number of aromatic nitrogens is 2. The molecule has 1 aromatic carbocycles. The van der Waals surface area contributed by atoms with Crippen LogP contribution in [0.25, 0.3) is 11.3 Å². The van der Waals surface area contributed by atoms with E-state index in [0.717, 1.165) is 12.2 Å². The molecule has 0 spiro atoms. The van der Waals surface area contributed by atoms with Crippen LogP contribution in [-0.4, -0.2) is 9.78 Å². The highest BCUT2D eigenvalue weighted by Crippen LogP contribution is 2.19. The molecular formula is C12H14N2. The van der Waals surface area contributed by atoms with E-state index in [1.165, 1.54) is 11.3 Å². The van der Waals surface area contributed by atoms with Gasteiger partial charge in [-0.05, 0) is 25.5 Å². The minimum Gasteiger partial charge on any atom is -0.265 e. The summed E-state index contributed by atoms with van der Waals surface area (Å²) < 4.78 is 2.03. The molecule has 0 saturated carbocycles. The van der Waals surface area contributed by atoms with Crippen LogP contribution in [0.4, 0.5) is 0 Å². The molecule has 1 aromatic heterocycles. The summed E-state index contributed by atoms with van der Waals surface area (Å²) >= 11 is 0. The Bertz CT molecular complexity index is 415. The van der Waals surface area contributed by atoms with Crippen LogP contribution in [0, 0.1) is 6.92 Å². The quantitative estimate of drug-likeness (QED) is 0.705. The Morgan fingerprint density at radius 1 is 1.21 bits per heavy atom. The molecule has 2 nitrogen and oxygen atoms in total. The first-order valence-corrected chi connectivity index (χ1v) is 4.91. The number of hydrogen-bond donors (Lipinski definition) is 0. The number of hydrogen-bond acceptors (Lipinski definition) is 1. The van der Waals surface area contributed by atoms with E-state index in [0.29, 0.717) is 0 Å². The molecule has 2 heteroatoms. The molecule has 0 radical (unpaired) electrons. The molecule has 0 saturated heterocycles. The van der Waals surface area contributed by atoms with Crippen molar-refractivity contribution in [2.75, 3.05) is 0 Å². The predicted octanol–water partition coefficient (Wildman–Crippen LogP) is 2.88.